The first-order chi connectivity index (χ1) is 17.2. The predicted molar refractivity (Wildman–Crippen MR) is 141 cm³/mol. The van der Waals surface area contributed by atoms with Gasteiger partial charge in [-0.3, -0.25) is 0 Å². The molecular formula is C32H23N2O+. The molecule has 3 heteroatoms. The Kier molecular flexibility index (Phi) is 4.94. The van der Waals surface area contributed by atoms with Crippen molar-refractivity contribution in [2.24, 2.45) is 7.05 Å². The summed E-state index contributed by atoms with van der Waals surface area (Å²) in [7, 11) is 2.06. The van der Waals surface area contributed by atoms with Crippen molar-refractivity contribution >= 4 is 21.9 Å². The lowest BCUT2D eigenvalue weighted by atomic mass is 9.94. The summed E-state index contributed by atoms with van der Waals surface area (Å²) in [5.74, 6) is 0. The van der Waals surface area contributed by atoms with E-state index in [1.54, 1.807) is 0 Å². The van der Waals surface area contributed by atoms with Crippen LogP contribution in [0.5, 0.6) is 0 Å². The molecule has 0 N–H and O–H groups in total. The highest BCUT2D eigenvalue weighted by Gasteiger charge is 2.21. The summed E-state index contributed by atoms with van der Waals surface area (Å²) < 4.78 is 8.81. The third kappa shape index (κ3) is 3.39. The van der Waals surface area contributed by atoms with Gasteiger partial charge in [-0.25, -0.2) is 4.57 Å². The fourth-order valence-corrected chi connectivity index (χ4v) is 4.95. The molecule has 0 saturated carbocycles. The molecule has 0 unspecified atom stereocenters. The third-order valence-electron chi connectivity index (χ3n) is 6.72. The Morgan fingerprint density at radius 1 is 0.714 bits per heavy atom. The maximum absolute atomic E-state index is 9.72. The summed E-state index contributed by atoms with van der Waals surface area (Å²) in [4.78, 5) is 0. The number of benzene rings is 4. The number of aromatic nitrogens is 1. The highest BCUT2D eigenvalue weighted by molar-refractivity contribution is 6.13. The number of rotatable bonds is 3. The smallest absolute Gasteiger partial charge is 0.216 e. The van der Waals surface area contributed by atoms with Crippen molar-refractivity contribution < 1.29 is 8.98 Å². The summed E-state index contributed by atoms with van der Waals surface area (Å²) >= 11 is 0. The van der Waals surface area contributed by atoms with Crippen LogP contribution in [0, 0.1) is 18.3 Å². The molecule has 0 spiro atoms. The number of pyridine rings is 1. The van der Waals surface area contributed by atoms with Crippen LogP contribution in [-0.4, -0.2) is 0 Å². The summed E-state index contributed by atoms with van der Waals surface area (Å²) in [6.45, 7) is 2.13. The maximum Gasteiger partial charge on any atom is 0.216 e. The summed E-state index contributed by atoms with van der Waals surface area (Å²) in [6, 6.07) is 35.2. The first-order valence-electron chi connectivity index (χ1n) is 11.7. The van der Waals surface area contributed by atoms with Crippen molar-refractivity contribution in [1.29, 1.82) is 5.26 Å². The van der Waals surface area contributed by atoms with Gasteiger partial charge in [-0.2, -0.15) is 5.26 Å². The second-order valence-electron chi connectivity index (χ2n) is 8.85. The third-order valence-corrected chi connectivity index (χ3v) is 6.72. The first-order valence-corrected chi connectivity index (χ1v) is 11.7. The lowest BCUT2D eigenvalue weighted by Gasteiger charge is -2.09. The van der Waals surface area contributed by atoms with Gasteiger partial charge < -0.3 is 4.42 Å². The van der Waals surface area contributed by atoms with Crippen molar-refractivity contribution in [3.8, 4) is 39.6 Å². The van der Waals surface area contributed by atoms with Crippen LogP contribution >= 0.6 is 0 Å². The van der Waals surface area contributed by atoms with Crippen LogP contribution in [-0.2, 0) is 7.05 Å². The number of hydrogen-bond acceptors (Lipinski definition) is 2. The average Bonchev–Trinajstić information content (AvgIpc) is 3.28. The van der Waals surface area contributed by atoms with E-state index in [0.29, 0.717) is 5.56 Å². The van der Waals surface area contributed by atoms with Crippen LogP contribution in [0.3, 0.4) is 0 Å². The van der Waals surface area contributed by atoms with Crippen molar-refractivity contribution in [2.45, 2.75) is 6.92 Å². The molecule has 6 aromatic rings. The van der Waals surface area contributed by atoms with E-state index >= 15 is 0 Å². The maximum atomic E-state index is 9.72. The van der Waals surface area contributed by atoms with E-state index in [-0.39, 0.29) is 0 Å². The molecule has 0 saturated heterocycles. The molecule has 0 aliphatic rings. The van der Waals surface area contributed by atoms with Gasteiger partial charge in [-0.05, 0) is 41.8 Å². The second kappa shape index (κ2) is 8.27. The van der Waals surface area contributed by atoms with E-state index in [1.807, 2.05) is 48.5 Å². The van der Waals surface area contributed by atoms with Crippen LogP contribution in [0.4, 0.5) is 0 Å². The summed E-state index contributed by atoms with van der Waals surface area (Å²) in [5.41, 5.74) is 9.79. The molecule has 0 amide bonds. The fourth-order valence-electron chi connectivity index (χ4n) is 4.95. The van der Waals surface area contributed by atoms with Crippen molar-refractivity contribution in [1.82, 2.24) is 0 Å². The minimum Gasteiger partial charge on any atom is -0.454 e. The molecule has 4 aromatic carbocycles. The quantitative estimate of drug-likeness (QED) is 0.260. The molecule has 0 aliphatic heterocycles. The number of aryl methyl sites for hydroxylation is 2. The Hall–Kier alpha value is -4.68. The molecular weight excluding hydrogens is 428 g/mol. The van der Waals surface area contributed by atoms with E-state index in [2.05, 4.69) is 79.3 Å². The highest BCUT2D eigenvalue weighted by atomic mass is 16.3. The van der Waals surface area contributed by atoms with Crippen LogP contribution in [0.2, 0.25) is 0 Å². The van der Waals surface area contributed by atoms with E-state index in [9.17, 15) is 5.26 Å². The fraction of sp³-hybridized carbons (Fsp3) is 0.0625. The number of nitrogens with zero attached hydrogens (tertiary/aromatic N) is 2. The van der Waals surface area contributed by atoms with E-state index in [1.165, 1.54) is 5.56 Å². The monoisotopic (exact) mass is 451 g/mol. The highest BCUT2D eigenvalue weighted by Crippen LogP contribution is 2.41. The largest absolute Gasteiger partial charge is 0.454 e. The summed E-state index contributed by atoms with van der Waals surface area (Å²) in [6.07, 6.45) is 2.06. The lowest BCUT2D eigenvalue weighted by molar-refractivity contribution is -0.660. The van der Waals surface area contributed by atoms with Crippen LogP contribution < -0.4 is 4.57 Å². The molecule has 3 nitrogen and oxygen atoms in total. The molecule has 0 fully saturated rings. The van der Waals surface area contributed by atoms with Gasteiger partial charge >= 0.3 is 0 Å². The second-order valence-corrected chi connectivity index (χ2v) is 8.85. The van der Waals surface area contributed by atoms with E-state index in [0.717, 1.165) is 55.4 Å². The van der Waals surface area contributed by atoms with Crippen LogP contribution in [0.15, 0.2) is 108 Å². The zero-order chi connectivity index (χ0) is 23.9. The van der Waals surface area contributed by atoms with Gasteiger partial charge in [0.2, 0.25) is 5.69 Å². The minimum atomic E-state index is 0.659. The first kappa shape index (κ1) is 20.9. The van der Waals surface area contributed by atoms with Gasteiger partial charge in [0.25, 0.3) is 0 Å². The Morgan fingerprint density at radius 3 is 2.31 bits per heavy atom. The Bertz CT molecular complexity index is 1770. The summed E-state index contributed by atoms with van der Waals surface area (Å²) in [5, 5.41) is 11.9. The SMILES string of the molecule is Cc1ccc2c(oc3c(-c4ccc(C#N)c(-c5ccccc5)c4)cccc32)c1-c1cccc[n+]1C. The van der Waals surface area contributed by atoms with Crippen molar-refractivity contribution in [3.05, 3.63) is 114 Å². The molecule has 2 aromatic heterocycles. The number of furan rings is 1. The zero-order valence-electron chi connectivity index (χ0n) is 19.6. The zero-order valence-corrected chi connectivity index (χ0v) is 19.6. The number of hydrogen-bond donors (Lipinski definition) is 0. The van der Waals surface area contributed by atoms with Gasteiger partial charge in [0.05, 0.1) is 17.2 Å². The lowest BCUT2D eigenvalue weighted by Crippen LogP contribution is -2.30. The predicted octanol–water partition coefficient (Wildman–Crippen LogP) is 7.59. The van der Waals surface area contributed by atoms with Gasteiger partial charge in [-0.15, -0.1) is 0 Å². The molecule has 0 aliphatic carbocycles. The molecule has 2 heterocycles. The van der Waals surface area contributed by atoms with Gasteiger partial charge in [0, 0.05) is 34.0 Å². The Balaban J connectivity index is 1.62. The molecule has 0 atom stereocenters. The van der Waals surface area contributed by atoms with E-state index in [4.69, 9.17) is 4.42 Å². The number of nitriles is 1. The van der Waals surface area contributed by atoms with Crippen molar-refractivity contribution in [2.75, 3.05) is 0 Å². The standard InChI is InChI=1S/C32H23N2O/c1-21-14-17-27-26-12-8-11-25(31(26)35-32(27)30(21)29-13-6-7-18-34(29)2)23-15-16-24(20-33)28(19-23)22-9-4-3-5-10-22/h3-19H,1-2H3/q+1. The Morgan fingerprint density at radius 2 is 1.51 bits per heavy atom. The molecule has 6 rings (SSSR count). The van der Waals surface area contributed by atoms with Crippen LogP contribution in [0.1, 0.15) is 11.1 Å². The van der Waals surface area contributed by atoms with E-state index < -0.39 is 0 Å². The average molecular weight is 452 g/mol. The number of fused-ring (bicyclic) bond motifs is 3. The topological polar surface area (TPSA) is 40.8 Å². The minimum absolute atomic E-state index is 0.659. The molecule has 166 valence electrons. The van der Waals surface area contributed by atoms with Gasteiger partial charge in [0.15, 0.2) is 6.20 Å². The molecule has 0 radical (unpaired) electrons. The van der Waals surface area contributed by atoms with Gasteiger partial charge in [-0.1, -0.05) is 66.7 Å². The number of para-hydroxylation sites is 1. The normalized spacial score (nSPS) is 11.1. The van der Waals surface area contributed by atoms with Gasteiger partial charge in [0.1, 0.15) is 18.2 Å². The van der Waals surface area contributed by atoms with Crippen molar-refractivity contribution in [3.63, 3.8) is 0 Å². The van der Waals surface area contributed by atoms with Crippen LogP contribution in [0.25, 0.3) is 55.4 Å². The molecule has 0 bridgehead atoms. The molecule has 35 heavy (non-hydrogen) atoms. The Labute approximate surface area is 204 Å².